The van der Waals surface area contributed by atoms with Crippen LogP contribution >= 0.6 is 0 Å². The number of nitrogens with one attached hydrogen (secondary N) is 1. The molecule has 5 nitrogen and oxygen atoms in total. The lowest BCUT2D eigenvalue weighted by Gasteiger charge is -2.21. The summed E-state index contributed by atoms with van der Waals surface area (Å²) in [5.74, 6) is -0.555. The standard InChI is InChI=1S/C16H24N2O3/c1-16(2,3)18-14(19)9-13(17)10-15(20)21-11-12-7-5-4-6-8-12/h4-8,13H,9-11,17H2,1-3H3,(H,18,19)/t13-/m1/s1. The Hall–Kier alpha value is -1.88. The second kappa shape index (κ2) is 7.78. The molecule has 0 radical (unpaired) electrons. The van der Waals surface area contributed by atoms with E-state index in [0.717, 1.165) is 5.56 Å². The number of benzene rings is 1. The molecule has 0 saturated heterocycles. The Morgan fingerprint density at radius 2 is 1.81 bits per heavy atom. The first-order valence-corrected chi connectivity index (χ1v) is 7.02. The fraction of sp³-hybridized carbons (Fsp3) is 0.500. The van der Waals surface area contributed by atoms with Gasteiger partial charge in [-0.15, -0.1) is 0 Å². The van der Waals surface area contributed by atoms with Crippen molar-refractivity contribution < 1.29 is 14.3 Å². The van der Waals surface area contributed by atoms with Gasteiger partial charge in [-0.1, -0.05) is 30.3 Å². The van der Waals surface area contributed by atoms with E-state index >= 15 is 0 Å². The van der Waals surface area contributed by atoms with Gasteiger partial charge in [0.05, 0.1) is 6.42 Å². The lowest BCUT2D eigenvalue weighted by molar-refractivity contribution is -0.145. The first-order valence-electron chi connectivity index (χ1n) is 7.02. The lowest BCUT2D eigenvalue weighted by atomic mass is 10.1. The van der Waals surface area contributed by atoms with Crippen LogP contribution in [0.3, 0.4) is 0 Å². The molecule has 116 valence electrons. The topological polar surface area (TPSA) is 81.4 Å². The molecule has 0 aliphatic carbocycles. The van der Waals surface area contributed by atoms with Crippen molar-refractivity contribution in [2.75, 3.05) is 0 Å². The number of hydrogen-bond donors (Lipinski definition) is 2. The van der Waals surface area contributed by atoms with Crippen LogP contribution in [-0.4, -0.2) is 23.5 Å². The third-order valence-corrected chi connectivity index (χ3v) is 2.63. The molecule has 0 saturated carbocycles. The van der Waals surface area contributed by atoms with Gasteiger partial charge in [0.15, 0.2) is 0 Å². The molecule has 0 unspecified atom stereocenters. The van der Waals surface area contributed by atoms with Crippen molar-refractivity contribution in [3.8, 4) is 0 Å². The predicted octanol–water partition coefficient (Wildman–Crippen LogP) is 1.75. The molecule has 0 heterocycles. The van der Waals surface area contributed by atoms with Crippen molar-refractivity contribution in [2.24, 2.45) is 5.73 Å². The smallest absolute Gasteiger partial charge is 0.307 e. The van der Waals surface area contributed by atoms with Gasteiger partial charge in [0.25, 0.3) is 0 Å². The van der Waals surface area contributed by atoms with Crippen LogP contribution in [0.4, 0.5) is 0 Å². The van der Waals surface area contributed by atoms with E-state index in [1.165, 1.54) is 0 Å². The molecule has 3 N–H and O–H groups in total. The summed E-state index contributed by atoms with van der Waals surface area (Å²) in [6.07, 6.45) is 0.141. The van der Waals surface area contributed by atoms with Crippen molar-refractivity contribution in [1.82, 2.24) is 5.32 Å². The van der Waals surface area contributed by atoms with Gasteiger partial charge in [0, 0.05) is 18.0 Å². The lowest BCUT2D eigenvalue weighted by Crippen LogP contribution is -2.43. The SMILES string of the molecule is CC(C)(C)NC(=O)C[C@@H](N)CC(=O)OCc1ccccc1. The first-order chi connectivity index (χ1) is 9.76. The molecule has 0 spiro atoms. The number of ether oxygens (including phenoxy) is 1. The van der Waals surface area contributed by atoms with Gasteiger partial charge < -0.3 is 15.8 Å². The van der Waals surface area contributed by atoms with Gasteiger partial charge in [-0.05, 0) is 26.3 Å². The summed E-state index contributed by atoms with van der Waals surface area (Å²) in [5.41, 5.74) is 6.42. The largest absolute Gasteiger partial charge is 0.461 e. The average Bonchev–Trinajstić information content (AvgIpc) is 2.35. The number of amides is 1. The average molecular weight is 292 g/mol. The normalized spacial score (nSPS) is 12.6. The first kappa shape index (κ1) is 17.2. The number of nitrogens with two attached hydrogens (primary N) is 1. The van der Waals surface area contributed by atoms with Crippen LogP contribution in [0.25, 0.3) is 0 Å². The summed E-state index contributed by atoms with van der Waals surface area (Å²) >= 11 is 0. The van der Waals surface area contributed by atoms with Gasteiger partial charge in [-0.3, -0.25) is 9.59 Å². The summed E-state index contributed by atoms with van der Waals surface area (Å²) in [6.45, 7) is 5.90. The van der Waals surface area contributed by atoms with Crippen LogP contribution < -0.4 is 11.1 Å². The van der Waals surface area contributed by atoms with Crippen molar-refractivity contribution in [3.63, 3.8) is 0 Å². The Labute approximate surface area is 125 Å². The Morgan fingerprint density at radius 3 is 2.38 bits per heavy atom. The third-order valence-electron chi connectivity index (χ3n) is 2.63. The van der Waals surface area contributed by atoms with E-state index < -0.39 is 12.0 Å². The monoisotopic (exact) mass is 292 g/mol. The molecule has 0 bridgehead atoms. The highest BCUT2D eigenvalue weighted by Gasteiger charge is 2.18. The van der Waals surface area contributed by atoms with E-state index in [9.17, 15) is 9.59 Å². The molecule has 5 heteroatoms. The van der Waals surface area contributed by atoms with E-state index in [2.05, 4.69) is 5.32 Å². The van der Waals surface area contributed by atoms with E-state index in [0.29, 0.717) is 0 Å². The van der Waals surface area contributed by atoms with Crippen molar-refractivity contribution in [2.45, 2.75) is 51.8 Å². The minimum atomic E-state index is -0.532. The van der Waals surface area contributed by atoms with E-state index in [1.54, 1.807) is 0 Å². The second-order valence-electron chi connectivity index (χ2n) is 6.11. The van der Waals surface area contributed by atoms with Crippen molar-refractivity contribution >= 4 is 11.9 Å². The van der Waals surface area contributed by atoms with Crippen LogP contribution in [0.1, 0.15) is 39.2 Å². The number of rotatable bonds is 6. The molecule has 1 rings (SSSR count). The summed E-state index contributed by atoms with van der Waals surface area (Å²) < 4.78 is 5.13. The summed E-state index contributed by atoms with van der Waals surface area (Å²) in [7, 11) is 0. The Morgan fingerprint density at radius 1 is 1.19 bits per heavy atom. The maximum absolute atomic E-state index is 11.7. The van der Waals surface area contributed by atoms with Crippen LogP contribution in [0.15, 0.2) is 30.3 Å². The predicted molar refractivity (Wildman–Crippen MR) is 81.3 cm³/mol. The molecule has 1 aromatic rings. The van der Waals surface area contributed by atoms with Gasteiger partial charge in [0.2, 0.25) is 5.91 Å². The van der Waals surface area contributed by atoms with E-state index in [4.69, 9.17) is 10.5 Å². The molecule has 0 aliphatic heterocycles. The molecule has 0 aromatic heterocycles. The van der Waals surface area contributed by atoms with E-state index in [-0.39, 0.29) is 30.9 Å². The Kier molecular flexibility index (Phi) is 6.37. The Balaban J connectivity index is 2.29. The zero-order valence-corrected chi connectivity index (χ0v) is 12.9. The van der Waals surface area contributed by atoms with Crippen LogP contribution in [-0.2, 0) is 20.9 Å². The molecule has 1 amide bonds. The number of carbonyl (C=O) groups is 2. The maximum Gasteiger partial charge on any atom is 0.307 e. The number of carbonyl (C=O) groups excluding carboxylic acids is 2. The van der Waals surface area contributed by atoms with Gasteiger partial charge in [-0.25, -0.2) is 0 Å². The van der Waals surface area contributed by atoms with E-state index in [1.807, 2.05) is 51.1 Å². The molecule has 1 atom stereocenters. The fourth-order valence-corrected chi connectivity index (χ4v) is 1.79. The highest BCUT2D eigenvalue weighted by atomic mass is 16.5. The second-order valence-corrected chi connectivity index (χ2v) is 6.11. The third kappa shape index (κ3) is 8.09. The molecule has 21 heavy (non-hydrogen) atoms. The molecule has 0 fully saturated rings. The summed E-state index contributed by atoms with van der Waals surface area (Å²) in [4.78, 5) is 23.3. The minimum absolute atomic E-state index is 0.0321. The zero-order chi connectivity index (χ0) is 15.9. The zero-order valence-electron chi connectivity index (χ0n) is 12.9. The summed E-state index contributed by atoms with van der Waals surface area (Å²) in [6, 6.07) is 8.89. The maximum atomic E-state index is 11.7. The van der Waals surface area contributed by atoms with Gasteiger partial charge in [0.1, 0.15) is 6.61 Å². The van der Waals surface area contributed by atoms with Crippen molar-refractivity contribution in [1.29, 1.82) is 0 Å². The van der Waals surface area contributed by atoms with Gasteiger partial charge >= 0.3 is 5.97 Å². The number of hydrogen-bond acceptors (Lipinski definition) is 4. The molecular weight excluding hydrogens is 268 g/mol. The van der Waals surface area contributed by atoms with Crippen LogP contribution in [0.2, 0.25) is 0 Å². The molecular formula is C16H24N2O3. The van der Waals surface area contributed by atoms with Gasteiger partial charge in [-0.2, -0.15) is 0 Å². The van der Waals surface area contributed by atoms with Crippen molar-refractivity contribution in [3.05, 3.63) is 35.9 Å². The minimum Gasteiger partial charge on any atom is -0.461 e. The summed E-state index contributed by atoms with van der Waals surface area (Å²) in [5, 5.41) is 2.81. The quantitative estimate of drug-likeness (QED) is 0.783. The Bertz CT molecular complexity index is 466. The fourth-order valence-electron chi connectivity index (χ4n) is 1.79. The van der Waals surface area contributed by atoms with Crippen LogP contribution in [0.5, 0.6) is 0 Å². The molecule has 0 aliphatic rings. The molecule has 1 aromatic carbocycles. The highest BCUT2D eigenvalue weighted by Crippen LogP contribution is 2.05. The number of esters is 1. The van der Waals surface area contributed by atoms with Crippen LogP contribution in [0, 0.1) is 0 Å². The highest BCUT2D eigenvalue weighted by molar-refractivity contribution is 5.78.